The Bertz CT molecular complexity index is 2120. The number of aromatic nitrogens is 5. The van der Waals surface area contributed by atoms with Gasteiger partial charge < -0.3 is 19.1 Å². The highest BCUT2D eigenvalue weighted by molar-refractivity contribution is 7.91. The summed E-state index contributed by atoms with van der Waals surface area (Å²) >= 11 is 6.87. The van der Waals surface area contributed by atoms with Crippen LogP contribution in [0.25, 0.3) is 33.1 Å². The third-order valence-electron chi connectivity index (χ3n) is 12.6. The molecule has 2 aliphatic carbocycles. The van der Waals surface area contributed by atoms with Crippen LogP contribution >= 0.6 is 11.6 Å². The Hall–Kier alpha value is -3.33. The Balaban J connectivity index is 1.09. The van der Waals surface area contributed by atoms with E-state index < -0.39 is 15.7 Å². The predicted octanol–water partition coefficient (Wildman–Crippen LogP) is 5.74. The van der Waals surface area contributed by atoms with Gasteiger partial charge in [0.1, 0.15) is 22.4 Å². The standard InChI is InChI=1S/C37H45ClFN7O5S/c1-21-14-26-25(17-40-44-26)28(30(21)38)32-31(39)33-29(35(41-32)49-2)34(45-9-5-12-50-13-11-45)43-36(42-33)51-20-37-7-3-6-27(37)46(10-4-8-37)24-15-22-18-52(47,48)19-23(22)16-24/h14,17,22-24,27H,3-13,15-16,18-20H2,1-2H3,(H,40,44). The van der Waals surface area contributed by atoms with Gasteiger partial charge in [-0.25, -0.2) is 17.8 Å². The number of aromatic amines is 1. The van der Waals surface area contributed by atoms with Gasteiger partial charge in [-0.05, 0) is 81.9 Å². The number of nitrogens with zero attached hydrogens (tertiary/aromatic N) is 6. The smallest absolute Gasteiger partial charge is 0.319 e. The molecule has 4 unspecified atom stereocenters. The average molecular weight is 754 g/mol. The van der Waals surface area contributed by atoms with Crippen LogP contribution in [0.1, 0.15) is 56.9 Å². The van der Waals surface area contributed by atoms with Gasteiger partial charge in [-0.3, -0.25) is 10.00 Å². The number of aryl methyl sites for hydroxylation is 1. The summed E-state index contributed by atoms with van der Waals surface area (Å²) in [7, 11) is -1.39. The molecule has 0 spiro atoms. The molecule has 15 heteroatoms. The molecule has 9 rings (SSSR count). The molecule has 6 heterocycles. The highest BCUT2D eigenvalue weighted by atomic mass is 35.5. The van der Waals surface area contributed by atoms with Crippen LogP contribution in [0.15, 0.2) is 12.3 Å². The van der Waals surface area contributed by atoms with Crippen molar-refractivity contribution in [1.29, 1.82) is 0 Å². The van der Waals surface area contributed by atoms with Crippen molar-refractivity contribution in [3.8, 4) is 23.1 Å². The van der Waals surface area contributed by atoms with E-state index >= 15 is 4.39 Å². The number of ether oxygens (including phenoxy) is 3. The first-order valence-electron chi connectivity index (χ1n) is 18.6. The molecule has 2 saturated carbocycles. The van der Waals surface area contributed by atoms with E-state index in [-0.39, 0.29) is 40.4 Å². The van der Waals surface area contributed by atoms with Crippen molar-refractivity contribution in [2.24, 2.45) is 17.3 Å². The number of pyridine rings is 1. The average Bonchev–Trinajstić information content (AvgIpc) is 3.87. The molecule has 0 amide bonds. The number of nitrogens with one attached hydrogen (secondary N) is 1. The second-order valence-electron chi connectivity index (χ2n) is 15.6. The van der Waals surface area contributed by atoms with Gasteiger partial charge in [0.25, 0.3) is 0 Å². The summed E-state index contributed by atoms with van der Waals surface area (Å²) in [5.74, 6) is 1.30. The number of rotatable bonds is 7. The molecular weight excluding hydrogens is 709 g/mol. The van der Waals surface area contributed by atoms with E-state index in [0.717, 1.165) is 63.5 Å². The minimum Gasteiger partial charge on any atom is -0.480 e. The number of hydrogen-bond donors (Lipinski definition) is 1. The second kappa shape index (κ2) is 13.2. The number of likely N-dealkylation sites (tertiary alicyclic amines) is 1. The fraction of sp³-hybridized carbons (Fsp3) is 0.622. The first-order chi connectivity index (χ1) is 25.1. The van der Waals surface area contributed by atoms with Gasteiger partial charge in [0.2, 0.25) is 5.88 Å². The minimum absolute atomic E-state index is 0.0192. The third-order valence-corrected chi connectivity index (χ3v) is 14.9. The van der Waals surface area contributed by atoms with Crippen molar-refractivity contribution in [1.82, 2.24) is 30.0 Å². The van der Waals surface area contributed by atoms with Crippen LogP contribution in [0, 0.1) is 30.0 Å². The SMILES string of the molecule is COc1nc(-c2c(Cl)c(C)cc3[nH]ncc23)c(F)c2nc(OCC34CCCC3N(C3CC5CS(=O)(=O)CC5C3)CCC4)nc(N3CCCOCC3)c12. The Labute approximate surface area is 307 Å². The summed E-state index contributed by atoms with van der Waals surface area (Å²) in [6, 6.07) is 2.75. The van der Waals surface area contributed by atoms with Crippen LogP contribution in [0.4, 0.5) is 10.2 Å². The monoisotopic (exact) mass is 753 g/mol. The lowest BCUT2D eigenvalue weighted by Crippen LogP contribution is -2.55. The van der Waals surface area contributed by atoms with Gasteiger partial charge in [-0.1, -0.05) is 18.0 Å². The largest absolute Gasteiger partial charge is 0.480 e. The third kappa shape index (κ3) is 5.79. The number of sulfone groups is 1. The number of anilines is 1. The maximum Gasteiger partial charge on any atom is 0.319 e. The van der Waals surface area contributed by atoms with E-state index in [1.54, 1.807) is 6.20 Å². The Morgan fingerprint density at radius 2 is 1.88 bits per heavy atom. The molecule has 1 aromatic carbocycles. The van der Waals surface area contributed by atoms with Crippen molar-refractivity contribution >= 4 is 49.1 Å². The van der Waals surface area contributed by atoms with E-state index in [1.807, 2.05) is 13.0 Å². The van der Waals surface area contributed by atoms with E-state index in [0.29, 0.717) is 89.2 Å². The minimum atomic E-state index is -2.91. The molecule has 0 bridgehead atoms. The Morgan fingerprint density at radius 1 is 1.08 bits per heavy atom. The quantitative estimate of drug-likeness (QED) is 0.248. The maximum absolute atomic E-state index is 17.2. The van der Waals surface area contributed by atoms with Crippen LogP contribution < -0.4 is 14.4 Å². The van der Waals surface area contributed by atoms with Gasteiger partial charge in [0.05, 0.1) is 48.6 Å². The summed E-state index contributed by atoms with van der Waals surface area (Å²) in [6.07, 6.45) is 9.65. The first-order valence-corrected chi connectivity index (χ1v) is 20.8. The van der Waals surface area contributed by atoms with Gasteiger partial charge in [0.15, 0.2) is 15.7 Å². The molecule has 52 heavy (non-hydrogen) atoms. The van der Waals surface area contributed by atoms with Crippen molar-refractivity contribution in [2.75, 3.05) is 63.0 Å². The summed E-state index contributed by atoms with van der Waals surface area (Å²) in [5.41, 5.74) is 1.87. The number of hydrogen-bond acceptors (Lipinski definition) is 11. The summed E-state index contributed by atoms with van der Waals surface area (Å²) in [5, 5.41) is 8.55. The summed E-state index contributed by atoms with van der Waals surface area (Å²) in [6.45, 7) is 5.66. The zero-order valence-electron chi connectivity index (χ0n) is 29.7. The number of benzene rings is 1. The lowest BCUT2D eigenvalue weighted by Gasteiger charge is -2.48. The van der Waals surface area contributed by atoms with E-state index in [9.17, 15) is 8.42 Å². The predicted molar refractivity (Wildman–Crippen MR) is 196 cm³/mol. The second-order valence-corrected chi connectivity index (χ2v) is 18.2. The fourth-order valence-corrected chi connectivity index (χ4v) is 12.8. The van der Waals surface area contributed by atoms with Gasteiger partial charge in [-0.2, -0.15) is 15.1 Å². The molecule has 0 radical (unpaired) electrons. The van der Waals surface area contributed by atoms with Crippen LogP contribution in [0.2, 0.25) is 5.02 Å². The van der Waals surface area contributed by atoms with E-state index in [2.05, 4.69) is 20.0 Å². The number of H-pyrrole nitrogens is 1. The molecule has 3 aliphatic heterocycles. The number of piperidine rings is 1. The highest BCUT2D eigenvalue weighted by Gasteiger charge is 2.53. The van der Waals surface area contributed by atoms with Gasteiger partial charge in [-0.15, -0.1) is 0 Å². The van der Waals surface area contributed by atoms with Gasteiger partial charge in [0, 0.05) is 48.1 Å². The lowest BCUT2D eigenvalue weighted by atomic mass is 9.75. The number of halogens is 2. The Morgan fingerprint density at radius 3 is 2.69 bits per heavy atom. The van der Waals surface area contributed by atoms with Crippen LogP contribution in [0.3, 0.4) is 0 Å². The molecule has 12 nitrogen and oxygen atoms in total. The summed E-state index contributed by atoms with van der Waals surface area (Å²) in [4.78, 5) is 19.3. The van der Waals surface area contributed by atoms with Crippen molar-refractivity contribution in [3.63, 3.8) is 0 Å². The maximum atomic E-state index is 17.2. The first kappa shape index (κ1) is 34.4. The van der Waals surface area contributed by atoms with Crippen LogP contribution in [-0.2, 0) is 14.6 Å². The molecule has 4 aromatic rings. The van der Waals surface area contributed by atoms with Crippen molar-refractivity contribution in [3.05, 3.63) is 28.7 Å². The molecule has 4 atom stereocenters. The van der Waals surface area contributed by atoms with Crippen molar-refractivity contribution in [2.45, 2.75) is 70.4 Å². The fourth-order valence-electron chi connectivity index (χ4n) is 10.3. The molecule has 3 aromatic heterocycles. The van der Waals surface area contributed by atoms with Crippen molar-refractivity contribution < 1.29 is 27.0 Å². The number of methoxy groups -OCH3 is 1. The normalized spacial score (nSPS) is 29.0. The van der Waals surface area contributed by atoms with Crippen LogP contribution in [0.5, 0.6) is 11.9 Å². The molecule has 3 saturated heterocycles. The van der Waals surface area contributed by atoms with E-state index in [4.69, 9.17) is 40.8 Å². The number of fused-ring (bicyclic) bond motifs is 4. The summed E-state index contributed by atoms with van der Waals surface area (Å²) < 4.78 is 60.1. The highest BCUT2D eigenvalue weighted by Crippen LogP contribution is 2.52. The Kier molecular flexibility index (Phi) is 8.75. The topological polar surface area (TPSA) is 136 Å². The van der Waals surface area contributed by atoms with E-state index in [1.165, 1.54) is 7.11 Å². The molecule has 5 aliphatic rings. The molecule has 1 N–H and O–H groups in total. The lowest BCUT2D eigenvalue weighted by molar-refractivity contribution is -0.0223. The zero-order chi connectivity index (χ0) is 35.8. The van der Waals surface area contributed by atoms with Crippen LogP contribution in [-0.4, -0.2) is 109 Å². The zero-order valence-corrected chi connectivity index (χ0v) is 31.2. The van der Waals surface area contributed by atoms with Gasteiger partial charge >= 0.3 is 6.01 Å². The molecular formula is C37H45ClFN7O5S. The molecule has 278 valence electrons. The molecule has 5 fully saturated rings.